The normalized spacial score (nSPS) is 19.8. The highest BCUT2D eigenvalue weighted by atomic mass is 35.5. The van der Waals surface area contributed by atoms with E-state index in [9.17, 15) is 23.1 Å². The molecule has 0 saturated heterocycles. The summed E-state index contributed by atoms with van der Waals surface area (Å²) in [5.74, 6) is -1.84. The van der Waals surface area contributed by atoms with Gasteiger partial charge < -0.3 is 10.4 Å². The second-order valence-corrected chi connectivity index (χ2v) is 12.2. The number of hydrogen-bond acceptors (Lipinski definition) is 7. The Kier molecular flexibility index (Phi) is 7.15. The molecule has 3 N–H and O–H groups in total. The second kappa shape index (κ2) is 9.30. The van der Waals surface area contributed by atoms with Gasteiger partial charge in [-0.1, -0.05) is 56.6 Å². The zero-order valence-electron chi connectivity index (χ0n) is 20.0. The monoisotopic (exact) mass is 507 g/mol. The lowest BCUT2D eigenvalue weighted by molar-refractivity contribution is -0.146. The SMILES string of the molecule is Cc1ccccc1C(NC1C(=O)C(=O)C1Nc1ccc(Cl)c(S(=O)(=O)N(C)C)c1O)C(C)(C)C. The molecule has 0 aliphatic heterocycles. The number of nitrogens with one attached hydrogen (secondary N) is 2. The summed E-state index contributed by atoms with van der Waals surface area (Å²) in [6.07, 6.45) is 0. The van der Waals surface area contributed by atoms with E-state index in [1.54, 1.807) is 0 Å². The van der Waals surface area contributed by atoms with Crippen molar-refractivity contribution in [2.24, 2.45) is 5.41 Å². The van der Waals surface area contributed by atoms with Gasteiger partial charge in [-0.2, -0.15) is 0 Å². The van der Waals surface area contributed by atoms with Gasteiger partial charge in [0.2, 0.25) is 21.6 Å². The highest BCUT2D eigenvalue weighted by Crippen LogP contribution is 2.40. The van der Waals surface area contributed by atoms with Crippen molar-refractivity contribution in [3.8, 4) is 5.75 Å². The Morgan fingerprint density at radius 3 is 2.18 bits per heavy atom. The van der Waals surface area contributed by atoms with Gasteiger partial charge in [0.15, 0.2) is 5.75 Å². The highest BCUT2D eigenvalue weighted by Gasteiger charge is 2.51. The summed E-state index contributed by atoms with van der Waals surface area (Å²) in [7, 11) is -1.42. The number of ketones is 2. The van der Waals surface area contributed by atoms with Crippen LogP contribution in [0.2, 0.25) is 5.02 Å². The van der Waals surface area contributed by atoms with E-state index < -0.39 is 44.3 Å². The van der Waals surface area contributed by atoms with Crippen molar-refractivity contribution < 1.29 is 23.1 Å². The van der Waals surface area contributed by atoms with Gasteiger partial charge in [-0.25, -0.2) is 12.7 Å². The molecule has 1 fully saturated rings. The Labute approximate surface area is 205 Å². The van der Waals surface area contributed by atoms with Crippen LogP contribution >= 0.6 is 11.6 Å². The third kappa shape index (κ3) is 4.70. The topological polar surface area (TPSA) is 116 Å². The number of sulfonamides is 1. The molecule has 184 valence electrons. The lowest BCUT2D eigenvalue weighted by Gasteiger charge is -2.42. The van der Waals surface area contributed by atoms with Gasteiger partial charge in [-0.05, 0) is 35.6 Å². The van der Waals surface area contributed by atoms with Gasteiger partial charge in [0, 0.05) is 20.1 Å². The number of phenols is 1. The van der Waals surface area contributed by atoms with Gasteiger partial charge in [0.1, 0.15) is 17.0 Å². The van der Waals surface area contributed by atoms with Crippen LogP contribution in [0, 0.1) is 12.3 Å². The van der Waals surface area contributed by atoms with Crippen LogP contribution in [0.1, 0.15) is 37.9 Å². The summed E-state index contributed by atoms with van der Waals surface area (Å²) >= 11 is 6.07. The largest absolute Gasteiger partial charge is 0.504 e. The summed E-state index contributed by atoms with van der Waals surface area (Å²) in [6, 6.07) is 8.43. The van der Waals surface area contributed by atoms with E-state index in [-0.39, 0.29) is 22.2 Å². The number of phenolic OH excluding ortho intramolecular Hbond substituents is 1. The summed E-state index contributed by atoms with van der Waals surface area (Å²) < 4.78 is 26.2. The van der Waals surface area contributed by atoms with Crippen LogP contribution in [-0.2, 0) is 19.6 Å². The van der Waals surface area contributed by atoms with E-state index >= 15 is 0 Å². The summed E-state index contributed by atoms with van der Waals surface area (Å²) in [4.78, 5) is 24.6. The number of halogens is 1. The van der Waals surface area contributed by atoms with Crippen LogP contribution in [0.5, 0.6) is 5.75 Å². The van der Waals surface area contributed by atoms with Gasteiger partial charge in [-0.15, -0.1) is 0 Å². The molecule has 1 aliphatic rings. The molecule has 10 heteroatoms. The maximum absolute atomic E-state index is 12.6. The third-order valence-electron chi connectivity index (χ3n) is 5.99. The molecular weight excluding hydrogens is 478 g/mol. The molecule has 3 unspecified atom stereocenters. The predicted octanol–water partition coefficient (Wildman–Crippen LogP) is 3.28. The fourth-order valence-electron chi connectivity index (χ4n) is 3.99. The quantitative estimate of drug-likeness (QED) is 0.389. The summed E-state index contributed by atoms with van der Waals surface area (Å²) in [5.41, 5.74) is 1.76. The number of aromatic hydroxyl groups is 1. The Bertz CT molecular complexity index is 1240. The molecule has 1 aliphatic carbocycles. The Morgan fingerprint density at radius 2 is 1.62 bits per heavy atom. The lowest BCUT2D eigenvalue weighted by atomic mass is 9.76. The van der Waals surface area contributed by atoms with Crippen molar-refractivity contribution in [3.63, 3.8) is 0 Å². The Hall–Kier alpha value is -2.46. The second-order valence-electron chi connectivity index (χ2n) is 9.71. The standard InChI is InChI=1S/C24H30ClN3O5S/c1-13-9-7-8-10-14(13)23(24(2,3)4)27-18-17(20(30)21(18)31)26-16-12-11-15(25)22(19(16)29)34(32,33)28(5)6/h7-12,17-18,23,26-27,29H,1-6H3. The molecular formula is C24H30ClN3O5S. The van der Waals surface area contributed by atoms with Crippen LogP contribution in [0.3, 0.4) is 0 Å². The summed E-state index contributed by atoms with van der Waals surface area (Å²) in [6.45, 7) is 8.09. The van der Waals surface area contributed by atoms with Crippen molar-refractivity contribution in [2.45, 2.75) is 50.7 Å². The number of aryl methyl sites for hydroxylation is 1. The Balaban J connectivity index is 1.95. The molecule has 3 rings (SSSR count). The fourth-order valence-corrected chi connectivity index (χ4v) is 5.47. The zero-order chi connectivity index (χ0) is 25.6. The molecule has 0 heterocycles. The number of carbonyl (C=O) groups excluding carboxylic acids is 2. The number of benzene rings is 2. The molecule has 0 spiro atoms. The van der Waals surface area contributed by atoms with Gasteiger partial charge >= 0.3 is 0 Å². The summed E-state index contributed by atoms with van der Waals surface area (Å²) in [5, 5.41) is 16.7. The molecule has 0 radical (unpaired) electrons. The van der Waals surface area contributed by atoms with Crippen molar-refractivity contribution in [3.05, 3.63) is 52.5 Å². The van der Waals surface area contributed by atoms with Crippen LogP contribution in [-0.4, -0.2) is 55.6 Å². The zero-order valence-corrected chi connectivity index (χ0v) is 21.6. The lowest BCUT2D eigenvalue weighted by Crippen LogP contribution is -2.68. The number of hydrogen-bond donors (Lipinski definition) is 3. The first-order valence-corrected chi connectivity index (χ1v) is 12.6. The van der Waals surface area contributed by atoms with Crippen molar-refractivity contribution >= 4 is 38.9 Å². The maximum Gasteiger partial charge on any atom is 0.247 e. The van der Waals surface area contributed by atoms with E-state index in [1.165, 1.54) is 26.2 Å². The number of rotatable bonds is 7. The van der Waals surface area contributed by atoms with Crippen molar-refractivity contribution in [1.82, 2.24) is 9.62 Å². The van der Waals surface area contributed by atoms with E-state index in [0.29, 0.717) is 0 Å². The predicted molar refractivity (Wildman–Crippen MR) is 132 cm³/mol. The van der Waals surface area contributed by atoms with Gasteiger partial charge in [-0.3, -0.25) is 14.9 Å². The van der Waals surface area contributed by atoms with E-state index in [1.807, 2.05) is 52.0 Å². The molecule has 0 amide bonds. The molecule has 8 nitrogen and oxygen atoms in total. The van der Waals surface area contributed by atoms with E-state index in [0.717, 1.165) is 15.4 Å². The number of carbonyl (C=O) groups is 2. The van der Waals surface area contributed by atoms with Crippen LogP contribution in [0.25, 0.3) is 0 Å². The number of nitrogens with zero attached hydrogens (tertiary/aromatic N) is 1. The average molecular weight is 508 g/mol. The third-order valence-corrected chi connectivity index (χ3v) is 8.30. The first kappa shape index (κ1) is 26.2. The molecule has 3 atom stereocenters. The van der Waals surface area contributed by atoms with E-state index in [4.69, 9.17) is 11.6 Å². The molecule has 0 bridgehead atoms. The number of anilines is 1. The minimum absolute atomic E-state index is 0.00863. The van der Waals surface area contributed by atoms with Gasteiger partial charge in [0.25, 0.3) is 0 Å². The van der Waals surface area contributed by atoms with Crippen LogP contribution in [0.15, 0.2) is 41.3 Å². The van der Waals surface area contributed by atoms with Crippen LogP contribution < -0.4 is 10.6 Å². The fraction of sp³-hybridized carbons (Fsp3) is 0.417. The minimum Gasteiger partial charge on any atom is -0.504 e. The molecule has 34 heavy (non-hydrogen) atoms. The minimum atomic E-state index is -4.06. The molecule has 1 saturated carbocycles. The first-order valence-electron chi connectivity index (χ1n) is 10.8. The van der Waals surface area contributed by atoms with Crippen LogP contribution in [0.4, 0.5) is 5.69 Å². The highest BCUT2D eigenvalue weighted by molar-refractivity contribution is 7.89. The van der Waals surface area contributed by atoms with Crippen molar-refractivity contribution in [2.75, 3.05) is 19.4 Å². The van der Waals surface area contributed by atoms with Crippen molar-refractivity contribution in [1.29, 1.82) is 0 Å². The van der Waals surface area contributed by atoms with E-state index in [2.05, 4.69) is 10.6 Å². The Morgan fingerprint density at radius 1 is 1.03 bits per heavy atom. The molecule has 2 aromatic carbocycles. The molecule has 2 aromatic rings. The number of Topliss-reactive ketones (excluding diaryl/α,β-unsaturated/α-hetero) is 2. The average Bonchev–Trinajstić information content (AvgIpc) is 2.74. The first-order chi connectivity index (χ1) is 15.7. The maximum atomic E-state index is 12.6. The molecule has 0 aromatic heterocycles. The van der Waals surface area contributed by atoms with Gasteiger partial charge in [0.05, 0.1) is 10.7 Å². The smallest absolute Gasteiger partial charge is 0.247 e.